The Kier molecular flexibility index (Phi) is 9.46. The maximum atomic E-state index is 12.5. The van der Waals surface area contributed by atoms with Crippen molar-refractivity contribution in [2.24, 2.45) is 5.92 Å². The van der Waals surface area contributed by atoms with E-state index in [0.717, 1.165) is 23.5 Å². The molecule has 0 saturated heterocycles. The minimum atomic E-state index is -0.480. The van der Waals surface area contributed by atoms with Crippen molar-refractivity contribution in [3.05, 3.63) is 47.2 Å². The molecule has 1 aliphatic carbocycles. The maximum Gasteiger partial charge on any atom is 0.306 e. The molecule has 1 aromatic heterocycles. The molecule has 192 valence electrons. The van der Waals surface area contributed by atoms with E-state index >= 15 is 0 Å². The number of carbonyl (C=O) groups is 1. The van der Waals surface area contributed by atoms with Gasteiger partial charge in [-0.15, -0.1) is 0 Å². The number of ether oxygens (including phenoxy) is 1. The number of benzene rings is 1. The van der Waals surface area contributed by atoms with Gasteiger partial charge in [0.05, 0.1) is 29.7 Å². The first-order valence-electron chi connectivity index (χ1n) is 13.0. The van der Waals surface area contributed by atoms with Crippen molar-refractivity contribution in [2.75, 3.05) is 16.8 Å². The highest BCUT2D eigenvalue weighted by Gasteiger charge is 2.25. The fourth-order valence-electron chi connectivity index (χ4n) is 4.80. The van der Waals surface area contributed by atoms with Gasteiger partial charge in [0, 0.05) is 12.6 Å². The predicted molar refractivity (Wildman–Crippen MR) is 147 cm³/mol. The fourth-order valence-corrected chi connectivity index (χ4v) is 4.91. The van der Waals surface area contributed by atoms with Gasteiger partial charge in [-0.25, -0.2) is 4.98 Å². The number of pyridine rings is 1. The Hall–Kier alpha value is -2.27. The molecule has 1 heterocycles. The molecule has 1 aromatic carbocycles. The highest BCUT2D eigenvalue weighted by molar-refractivity contribution is 6.29. The van der Waals surface area contributed by atoms with Crippen LogP contribution in [0.2, 0.25) is 5.15 Å². The number of carbonyl (C=O) groups excluding carboxylic acids is 1. The van der Waals surface area contributed by atoms with Crippen LogP contribution in [0.25, 0.3) is 0 Å². The summed E-state index contributed by atoms with van der Waals surface area (Å²) < 4.78 is 5.57. The third kappa shape index (κ3) is 8.42. The van der Waals surface area contributed by atoms with Gasteiger partial charge in [-0.2, -0.15) is 0 Å². The topological polar surface area (TPSA) is 54.5 Å². The van der Waals surface area contributed by atoms with Crippen molar-refractivity contribution >= 4 is 34.6 Å². The number of rotatable bonds is 9. The summed E-state index contributed by atoms with van der Waals surface area (Å²) in [4.78, 5) is 19.3. The largest absolute Gasteiger partial charge is 0.460 e. The van der Waals surface area contributed by atoms with Crippen molar-refractivity contribution in [1.82, 2.24) is 4.98 Å². The van der Waals surface area contributed by atoms with Gasteiger partial charge in [-0.05, 0) is 75.3 Å². The SMILES string of the molecule is CC(C)CN(c1ccc([C@H](C)CC(=O)OC(C)(C)C)cc1Nc1ccc(Cl)nc1)C1CCCCC1. The molecule has 1 aliphatic rings. The molecule has 0 amide bonds. The van der Waals surface area contributed by atoms with Crippen LogP contribution in [-0.4, -0.2) is 29.1 Å². The van der Waals surface area contributed by atoms with Crippen molar-refractivity contribution < 1.29 is 9.53 Å². The molecule has 0 radical (unpaired) electrons. The molecule has 5 nitrogen and oxygen atoms in total. The van der Waals surface area contributed by atoms with Crippen LogP contribution in [0.1, 0.15) is 91.5 Å². The van der Waals surface area contributed by atoms with Crippen LogP contribution >= 0.6 is 11.6 Å². The summed E-state index contributed by atoms with van der Waals surface area (Å²) in [6, 6.07) is 10.9. The molecule has 1 saturated carbocycles. The molecule has 0 unspecified atom stereocenters. The van der Waals surface area contributed by atoms with E-state index in [1.165, 1.54) is 37.8 Å². The lowest BCUT2D eigenvalue weighted by atomic mass is 9.92. The first kappa shape index (κ1) is 27.3. The minimum absolute atomic E-state index is 0.0380. The number of esters is 1. The Balaban J connectivity index is 1.95. The molecule has 2 aromatic rings. The van der Waals surface area contributed by atoms with Crippen LogP contribution in [0.5, 0.6) is 0 Å². The molecule has 6 heteroatoms. The molecule has 0 aliphatic heterocycles. The lowest BCUT2D eigenvalue weighted by Gasteiger charge is -2.38. The molecular weight excluding hydrogens is 458 g/mol. The molecule has 0 spiro atoms. The fraction of sp³-hybridized carbons (Fsp3) is 0.586. The highest BCUT2D eigenvalue weighted by atomic mass is 35.5. The van der Waals surface area contributed by atoms with Crippen LogP contribution in [0.4, 0.5) is 17.1 Å². The first-order chi connectivity index (χ1) is 16.5. The molecule has 1 fully saturated rings. The third-order valence-electron chi connectivity index (χ3n) is 6.38. The van der Waals surface area contributed by atoms with Gasteiger partial charge < -0.3 is 15.0 Å². The van der Waals surface area contributed by atoms with E-state index < -0.39 is 5.60 Å². The predicted octanol–water partition coefficient (Wildman–Crippen LogP) is 8.11. The maximum absolute atomic E-state index is 12.5. The van der Waals surface area contributed by atoms with Gasteiger partial charge in [0.25, 0.3) is 0 Å². The Morgan fingerprint density at radius 3 is 2.46 bits per heavy atom. The van der Waals surface area contributed by atoms with E-state index in [1.807, 2.05) is 26.8 Å². The standard InChI is InChI=1S/C29H42ClN3O2/c1-20(2)19-33(24-10-8-7-9-11-24)26-14-12-22(21(3)16-28(34)35-29(4,5)6)17-25(26)32-23-13-15-27(30)31-18-23/h12-15,17-18,20-21,24,32H,7-11,16,19H2,1-6H3/t21-/m1/s1. The summed E-state index contributed by atoms with van der Waals surface area (Å²) in [5.41, 5.74) is 3.76. The highest BCUT2D eigenvalue weighted by Crippen LogP contribution is 2.37. The number of halogens is 1. The lowest BCUT2D eigenvalue weighted by Crippen LogP contribution is -2.39. The van der Waals surface area contributed by atoms with Crippen LogP contribution in [-0.2, 0) is 9.53 Å². The van der Waals surface area contributed by atoms with E-state index in [4.69, 9.17) is 16.3 Å². The van der Waals surface area contributed by atoms with Gasteiger partial charge in [0.1, 0.15) is 10.8 Å². The quantitative estimate of drug-likeness (QED) is 0.279. The number of anilines is 3. The second-order valence-corrected chi connectivity index (χ2v) is 11.7. The number of hydrogen-bond donors (Lipinski definition) is 1. The first-order valence-corrected chi connectivity index (χ1v) is 13.4. The average molecular weight is 500 g/mol. The summed E-state index contributed by atoms with van der Waals surface area (Å²) in [6.07, 6.45) is 8.46. The lowest BCUT2D eigenvalue weighted by molar-refractivity contribution is -0.155. The number of aromatic nitrogens is 1. The van der Waals surface area contributed by atoms with Crippen molar-refractivity contribution in [3.63, 3.8) is 0 Å². The summed E-state index contributed by atoms with van der Waals surface area (Å²) in [5.74, 6) is 0.415. The van der Waals surface area contributed by atoms with E-state index in [0.29, 0.717) is 23.5 Å². The summed E-state index contributed by atoms with van der Waals surface area (Å²) >= 11 is 6.03. The van der Waals surface area contributed by atoms with Crippen LogP contribution in [0.15, 0.2) is 36.5 Å². The van der Waals surface area contributed by atoms with Crippen molar-refractivity contribution in [3.8, 4) is 0 Å². The molecule has 3 rings (SSSR count). The Morgan fingerprint density at radius 1 is 1.14 bits per heavy atom. The van der Waals surface area contributed by atoms with Crippen LogP contribution in [0, 0.1) is 5.92 Å². The van der Waals surface area contributed by atoms with Gasteiger partial charge >= 0.3 is 5.97 Å². The third-order valence-corrected chi connectivity index (χ3v) is 6.60. The Labute approximate surface area is 216 Å². The van der Waals surface area contributed by atoms with Gasteiger partial charge in [-0.3, -0.25) is 4.79 Å². The van der Waals surface area contributed by atoms with E-state index in [9.17, 15) is 4.79 Å². The zero-order valence-corrected chi connectivity index (χ0v) is 23.0. The second kappa shape index (κ2) is 12.1. The Morgan fingerprint density at radius 2 is 1.86 bits per heavy atom. The zero-order chi connectivity index (χ0) is 25.6. The number of hydrogen-bond acceptors (Lipinski definition) is 5. The van der Waals surface area contributed by atoms with Crippen LogP contribution < -0.4 is 10.2 Å². The van der Waals surface area contributed by atoms with Crippen molar-refractivity contribution in [1.29, 1.82) is 0 Å². The number of nitrogens with one attached hydrogen (secondary N) is 1. The molecule has 1 atom stereocenters. The number of nitrogens with zero attached hydrogens (tertiary/aromatic N) is 2. The Bertz CT molecular complexity index is 963. The second-order valence-electron chi connectivity index (χ2n) is 11.3. The normalized spacial score (nSPS) is 15.7. The monoisotopic (exact) mass is 499 g/mol. The molecule has 0 bridgehead atoms. The smallest absolute Gasteiger partial charge is 0.306 e. The molecule has 1 N–H and O–H groups in total. The van der Waals surface area contributed by atoms with E-state index in [1.54, 1.807) is 12.3 Å². The molecule has 35 heavy (non-hydrogen) atoms. The van der Waals surface area contributed by atoms with Gasteiger partial charge in [0.2, 0.25) is 0 Å². The van der Waals surface area contributed by atoms with E-state index in [-0.39, 0.29) is 11.9 Å². The van der Waals surface area contributed by atoms with Gasteiger partial charge in [0.15, 0.2) is 0 Å². The summed E-state index contributed by atoms with van der Waals surface area (Å²) in [6.45, 7) is 13.4. The summed E-state index contributed by atoms with van der Waals surface area (Å²) in [5, 5.41) is 4.07. The minimum Gasteiger partial charge on any atom is -0.460 e. The molecular formula is C29H42ClN3O2. The summed E-state index contributed by atoms with van der Waals surface area (Å²) in [7, 11) is 0. The average Bonchev–Trinajstić information content (AvgIpc) is 2.78. The zero-order valence-electron chi connectivity index (χ0n) is 22.2. The van der Waals surface area contributed by atoms with Crippen molar-refractivity contribution in [2.45, 2.75) is 97.6 Å². The van der Waals surface area contributed by atoms with Gasteiger partial charge in [-0.1, -0.05) is 57.7 Å². The van der Waals surface area contributed by atoms with E-state index in [2.05, 4.69) is 54.2 Å². The van der Waals surface area contributed by atoms with Crippen LogP contribution in [0.3, 0.4) is 0 Å².